The number of fused-ring (bicyclic) bond motifs is 1. The molecule has 0 spiro atoms. The summed E-state index contributed by atoms with van der Waals surface area (Å²) < 4.78 is 0. The van der Waals surface area contributed by atoms with Gasteiger partial charge < -0.3 is 16.2 Å². The van der Waals surface area contributed by atoms with E-state index in [0.717, 1.165) is 12.1 Å². The number of rotatable bonds is 9. The molecule has 1 aromatic carbocycles. The number of anilines is 1. The van der Waals surface area contributed by atoms with Gasteiger partial charge in [-0.1, -0.05) is 36.4 Å². The average Bonchev–Trinajstić information content (AvgIpc) is 2.86. The van der Waals surface area contributed by atoms with Crippen molar-refractivity contribution in [1.82, 2.24) is 0 Å². The quantitative estimate of drug-likeness (QED) is 0.609. The van der Waals surface area contributed by atoms with Crippen LogP contribution in [0.4, 0.5) is 5.69 Å². The standard InChI is InChI=1S/C20H28N2O/c1-4-9-17-16(15-10-7-8-11-18(15)22-17)14-19(21)20(23,12-5-2)13-6-3/h4-8,10-11,16-17,19,22-23H,1-3,9,12-14,21H2/t16-,17-,19-/m1/s1. The maximum atomic E-state index is 10.9. The van der Waals surface area contributed by atoms with Gasteiger partial charge in [-0.15, -0.1) is 19.7 Å². The maximum absolute atomic E-state index is 10.9. The molecular weight excluding hydrogens is 284 g/mol. The summed E-state index contributed by atoms with van der Waals surface area (Å²) in [5, 5.41) is 14.5. The Morgan fingerprint density at radius 1 is 1.17 bits per heavy atom. The van der Waals surface area contributed by atoms with E-state index >= 15 is 0 Å². The Kier molecular flexibility index (Phi) is 5.80. The van der Waals surface area contributed by atoms with E-state index in [1.165, 1.54) is 5.56 Å². The minimum absolute atomic E-state index is 0.264. The van der Waals surface area contributed by atoms with Crippen LogP contribution in [0.5, 0.6) is 0 Å². The average molecular weight is 312 g/mol. The Labute approximate surface area is 139 Å². The van der Waals surface area contributed by atoms with Crippen LogP contribution in [0.3, 0.4) is 0 Å². The summed E-state index contributed by atoms with van der Waals surface area (Å²) in [7, 11) is 0. The molecule has 3 atom stereocenters. The second-order valence-electron chi connectivity index (χ2n) is 6.40. The molecule has 0 amide bonds. The van der Waals surface area contributed by atoms with E-state index in [2.05, 4.69) is 43.3 Å². The van der Waals surface area contributed by atoms with Gasteiger partial charge in [-0.2, -0.15) is 0 Å². The van der Waals surface area contributed by atoms with Crippen LogP contribution >= 0.6 is 0 Å². The fraction of sp³-hybridized carbons (Fsp3) is 0.400. The summed E-state index contributed by atoms with van der Waals surface area (Å²) in [6.07, 6.45) is 7.90. The zero-order chi connectivity index (χ0) is 16.9. The SMILES string of the molecule is C=CC[C@H]1Nc2ccccc2[C@H]1C[C@@H](N)C(O)(CC=C)CC=C. The molecule has 3 heteroatoms. The van der Waals surface area contributed by atoms with Crippen molar-refractivity contribution in [3.63, 3.8) is 0 Å². The summed E-state index contributed by atoms with van der Waals surface area (Å²) in [6, 6.07) is 8.25. The van der Waals surface area contributed by atoms with Crippen LogP contribution in [0.2, 0.25) is 0 Å². The van der Waals surface area contributed by atoms with E-state index in [1.54, 1.807) is 12.2 Å². The molecule has 0 bridgehead atoms. The summed E-state index contributed by atoms with van der Waals surface area (Å²) in [4.78, 5) is 0. The highest BCUT2D eigenvalue weighted by atomic mass is 16.3. The molecule has 1 heterocycles. The molecule has 1 aliphatic heterocycles. The van der Waals surface area contributed by atoms with Crippen molar-refractivity contribution < 1.29 is 5.11 Å². The lowest BCUT2D eigenvalue weighted by Crippen LogP contribution is -2.48. The molecule has 0 fully saturated rings. The van der Waals surface area contributed by atoms with Gasteiger partial charge in [0.25, 0.3) is 0 Å². The van der Waals surface area contributed by atoms with Gasteiger partial charge in [-0.3, -0.25) is 0 Å². The molecule has 1 aliphatic rings. The van der Waals surface area contributed by atoms with Gasteiger partial charge in [0.05, 0.1) is 5.60 Å². The van der Waals surface area contributed by atoms with Crippen LogP contribution < -0.4 is 11.1 Å². The first-order valence-electron chi connectivity index (χ1n) is 8.21. The predicted molar refractivity (Wildman–Crippen MR) is 98.6 cm³/mol. The van der Waals surface area contributed by atoms with Crippen molar-refractivity contribution in [3.05, 3.63) is 67.8 Å². The normalized spacial score (nSPS) is 21.1. The van der Waals surface area contributed by atoms with Crippen LogP contribution in [-0.2, 0) is 0 Å². The lowest BCUT2D eigenvalue weighted by Gasteiger charge is -2.35. The maximum Gasteiger partial charge on any atom is 0.0866 e. The van der Waals surface area contributed by atoms with E-state index < -0.39 is 5.60 Å². The molecule has 23 heavy (non-hydrogen) atoms. The summed E-state index contributed by atoms with van der Waals surface area (Å²) >= 11 is 0. The topological polar surface area (TPSA) is 58.3 Å². The minimum atomic E-state index is -0.986. The van der Waals surface area contributed by atoms with Crippen molar-refractivity contribution in [2.75, 3.05) is 5.32 Å². The first kappa shape index (κ1) is 17.5. The number of hydrogen-bond donors (Lipinski definition) is 3. The Hall–Kier alpha value is -1.84. The zero-order valence-corrected chi connectivity index (χ0v) is 13.7. The minimum Gasteiger partial charge on any atom is -0.388 e. The molecule has 0 unspecified atom stereocenters. The first-order valence-corrected chi connectivity index (χ1v) is 8.21. The molecule has 0 saturated carbocycles. The Bertz CT molecular complexity index is 557. The van der Waals surface area contributed by atoms with Crippen molar-refractivity contribution >= 4 is 5.69 Å². The van der Waals surface area contributed by atoms with Gasteiger partial charge in [-0.05, 0) is 37.3 Å². The number of nitrogens with two attached hydrogens (primary N) is 1. The van der Waals surface area contributed by atoms with Crippen molar-refractivity contribution in [3.8, 4) is 0 Å². The highest BCUT2D eigenvalue weighted by Gasteiger charge is 2.38. The number of hydrogen-bond acceptors (Lipinski definition) is 3. The molecule has 2 rings (SSSR count). The third kappa shape index (κ3) is 3.74. The molecule has 3 nitrogen and oxygen atoms in total. The fourth-order valence-corrected chi connectivity index (χ4v) is 3.54. The smallest absolute Gasteiger partial charge is 0.0866 e. The van der Waals surface area contributed by atoms with Crippen LogP contribution in [0, 0.1) is 0 Å². The molecule has 0 aliphatic carbocycles. The largest absolute Gasteiger partial charge is 0.388 e. The van der Waals surface area contributed by atoms with Gasteiger partial charge in [0.15, 0.2) is 0 Å². The van der Waals surface area contributed by atoms with Gasteiger partial charge in [0.1, 0.15) is 0 Å². The highest BCUT2D eigenvalue weighted by molar-refractivity contribution is 5.59. The highest BCUT2D eigenvalue weighted by Crippen LogP contribution is 2.41. The van der Waals surface area contributed by atoms with E-state index in [9.17, 15) is 5.11 Å². The second kappa shape index (κ2) is 7.62. The Morgan fingerprint density at radius 2 is 1.83 bits per heavy atom. The molecule has 0 aromatic heterocycles. The monoisotopic (exact) mass is 312 g/mol. The summed E-state index contributed by atoms with van der Waals surface area (Å²) in [5.74, 6) is 0.264. The second-order valence-corrected chi connectivity index (χ2v) is 6.40. The summed E-state index contributed by atoms with van der Waals surface area (Å²) in [6.45, 7) is 11.4. The van der Waals surface area contributed by atoms with E-state index in [4.69, 9.17) is 5.73 Å². The third-order valence-electron chi connectivity index (χ3n) is 4.80. The van der Waals surface area contributed by atoms with Gasteiger partial charge >= 0.3 is 0 Å². The molecule has 124 valence electrons. The van der Waals surface area contributed by atoms with Crippen LogP contribution in [0.25, 0.3) is 0 Å². The number of aliphatic hydroxyl groups is 1. The number of para-hydroxylation sites is 1. The van der Waals surface area contributed by atoms with Gasteiger partial charge in [0.2, 0.25) is 0 Å². The van der Waals surface area contributed by atoms with Crippen LogP contribution in [0.15, 0.2) is 62.2 Å². The number of benzene rings is 1. The van der Waals surface area contributed by atoms with Crippen molar-refractivity contribution in [1.29, 1.82) is 0 Å². The lowest BCUT2D eigenvalue weighted by atomic mass is 9.79. The Morgan fingerprint density at radius 3 is 2.43 bits per heavy atom. The first-order chi connectivity index (χ1) is 11.1. The van der Waals surface area contributed by atoms with E-state index in [-0.39, 0.29) is 18.0 Å². The summed E-state index contributed by atoms with van der Waals surface area (Å²) in [5.41, 5.74) is 7.87. The van der Waals surface area contributed by atoms with Crippen molar-refractivity contribution in [2.24, 2.45) is 5.73 Å². The predicted octanol–water partition coefficient (Wildman–Crippen LogP) is 3.74. The van der Waals surface area contributed by atoms with E-state index in [1.807, 2.05) is 12.1 Å². The van der Waals surface area contributed by atoms with Crippen molar-refractivity contribution in [2.45, 2.75) is 49.3 Å². The molecule has 1 aromatic rings. The fourth-order valence-electron chi connectivity index (χ4n) is 3.54. The molecular formula is C20H28N2O. The molecule has 0 radical (unpaired) electrons. The molecule has 4 N–H and O–H groups in total. The number of nitrogens with one attached hydrogen (secondary N) is 1. The van der Waals surface area contributed by atoms with Crippen LogP contribution in [0.1, 0.15) is 37.2 Å². The lowest BCUT2D eigenvalue weighted by molar-refractivity contribution is 0.0146. The molecule has 0 saturated heterocycles. The van der Waals surface area contributed by atoms with Crippen LogP contribution in [-0.4, -0.2) is 22.8 Å². The van der Waals surface area contributed by atoms with E-state index in [0.29, 0.717) is 19.3 Å². The third-order valence-corrected chi connectivity index (χ3v) is 4.80. The zero-order valence-electron chi connectivity index (χ0n) is 13.7. The van der Waals surface area contributed by atoms with Gasteiger partial charge in [0, 0.05) is 23.7 Å². The Balaban J connectivity index is 2.22. The van der Waals surface area contributed by atoms with Gasteiger partial charge in [-0.25, -0.2) is 0 Å².